The maximum Gasteiger partial charge on any atom is 0.123 e. The predicted molar refractivity (Wildman–Crippen MR) is 65.8 cm³/mol. The Morgan fingerprint density at radius 2 is 2.12 bits per heavy atom. The Hall–Kier alpha value is -1.06. The van der Waals surface area contributed by atoms with Crippen molar-refractivity contribution in [2.75, 3.05) is 20.3 Å². The molecular weight excluding hydrogens is 202 g/mol. The molecule has 0 amide bonds. The molecular formula is C13H21NO2. The van der Waals surface area contributed by atoms with Crippen molar-refractivity contribution in [1.29, 1.82) is 0 Å². The first-order chi connectivity index (χ1) is 7.77. The van der Waals surface area contributed by atoms with E-state index in [0.29, 0.717) is 0 Å². The highest BCUT2D eigenvalue weighted by Crippen LogP contribution is 2.19. The zero-order valence-electron chi connectivity index (χ0n) is 10.1. The second-order valence-electron chi connectivity index (χ2n) is 3.92. The van der Waals surface area contributed by atoms with Crippen LogP contribution in [0.25, 0.3) is 0 Å². The molecule has 0 saturated carbocycles. The van der Waals surface area contributed by atoms with Gasteiger partial charge in [0.2, 0.25) is 0 Å². The average Bonchev–Trinajstić information content (AvgIpc) is 2.29. The van der Waals surface area contributed by atoms with E-state index in [0.717, 1.165) is 31.7 Å². The van der Waals surface area contributed by atoms with E-state index in [4.69, 9.17) is 9.84 Å². The predicted octanol–water partition coefficient (Wildman–Crippen LogP) is 1.87. The zero-order valence-corrected chi connectivity index (χ0v) is 10.1. The third kappa shape index (κ3) is 4.21. The molecule has 0 atom stereocenters. The van der Waals surface area contributed by atoms with Crippen molar-refractivity contribution < 1.29 is 9.84 Å². The summed E-state index contributed by atoms with van der Waals surface area (Å²) in [6, 6.07) is 6.19. The van der Waals surface area contributed by atoms with E-state index in [1.54, 1.807) is 7.11 Å². The molecule has 1 rings (SSSR count). The summed E-state index contributed by atoms with van der Waals surface area (Å²) in [6.45, 7) is 4.10. The van der Waals surface area contributed by atoms with Crippen molar-refractivity contribution >= 4 is 0 Å². The van der Waals surface area contributed by atoms with Gasteiger partial charge >= 0.3 is 0 Å². The minimum Gasteiger partial charge on any atom is -0.496 e. The van der Waals surface area contributed by atoms with Gasteiger partial charge in [0.15, 0.2) is 0 Å². The van der Waals surface area contributed by atoms with E-state index in [-0.39, 0.29) is 6.61 Å². The maximum absolute atomic E-state index is 8.65. The fourth-order valence-corrected chi connectivity index (χ4v) is 1.63. The van der Waals surface area contributed by atoms with Gasteiger partial charge in [0.25, 0.3) is 0 Å². The molecule has 0 saturated heterocycles. The van der Waals surface area contributed by atoms with Crippen molar-refractivity contribution in [2.24, 2.45) is 0 Å². The number of unbranched alkanes of at least 4 members (excludes halogenated alkanes) is 1. The van der Waals surface area contributed by atoms with Crippen LogP contribution in [0.5, 0.6) is 5.75 Å². The van der Waals surface area contributed by atoms with Crippen LogP contribution in [0, 0.1) is 6.92 Å². The molecule has 16 heavy (non-hydrogen) atoms. The number of aliphatic hydroxyl groups excluding tert-OH is 1. The zero-order chi connectivity index (χ0) is 11.8. The molecule has 2 N–H and O–H groups in total. The lowest BCUT2D eigenvalue weighted by molar-refractivity contribution is 0.283. The van der Waals surface area contributed by atoms with Gasteiger partial charge in [-0.3, -0.25) is 0 Å². The highest BCUT2D eigenvalue weighted by atomic mass is 16.5. The van der Waals surface area contributed by atoms with E-state index in [2.05, 4.69) is 18.3 Å². The Morgan fingerprint density at radius 3 is 2.81 bits per heavy atom. The van der Waals surface area contributed by atoms with Gasteiger partial charge in [0.05, 0.1) is 7.11 Å². The summed E-state index contributed by atoms with van der Waals surface area (Å²) in [5.74, 6) is 0.931. The van der Waals surface area contributed by atoms with Crippen LogP contribution in [0.4, 0.5) is 0 Å². The number of rotatable bonds is 7. The smallest absolute Gasteiger partial charge is 0.123 e. The topological polar surface area (TPSA) is 41.5 Å². The average molecular weight is 223 g/mol. The van der Waals surface area contributed by atoms with E-state index < -0.39 is 0 Å². The normalized spacial score (nSPS) is 10.4. The van der Waals surface area contributed by atoms with Crippen LogP contribution in [-0.2, 0) is 6.54 Å². The van der Waals surface area contributed by atoms with E-state index >= 15 is 0 Å². The minimum atomic E-state index is 0.273. The maximum atomic E-state index is 8.65. The van der Waals surface area contributed by atoms with Gasteiger partial charge in [-0.25, -0.2) is 0 Å². The van der Waals surface area contributed by atoms with Crippen molar-refractivity contribution in [1.82, 2.24) is 5.32 Å². The summed E-state index contributed by atoms with van der Waals surface area (Å²) in [4.78, 5) is 0. The molecule has 0 fully saturated rings. The number of methoxy groups -OCH3 is 1. The molecule has 0 unspecified atom stereocenters. The first-order valence-corrected chi connectivity index (χ1v) is 5.73. The van der Waals surface area contributed by atoms with Crippen LogP contribution in [0.15, 0.2) is 18.2 Å². The summed E-state index contributed by atoms with van der Waals surface area (Å²) in [7, 11) is 1.69. The Bertz CT molecular complexity index is 313. The van der Waals surface area contributed by atoms with Crippen molar-refractivity contribution in [3.05, 3.63) is 29.3 Å². The SMILES string of the molecule is COc1ccc(C)cc1CNCCCCO. The summed E-state index contributed by atoms with van der Waals surface area (Å²) in [5, 5.41) is 12.0. The number of ether oxygens (including phenoxy) is 1. The van der Waals surface area contributed by atoms with E-state index in [1.165, 1.54) is 11.1 Å². The molecule has 3 nitrogen and oxygen atoms in total. The van der Waals surface area contributed by atoms with Crippen LogP contribution in [0.3, 0.4) is 0 Å². The molecule has 0 aromatic heterocycles. The van der Waals surface area contributed by atoms with Gasteiger partial charge < -0.3 is 15.2 Å². The fourth-order valence-electron chi connectivity index (χ4n) is 1.63. The third-order valence-electron chi connectivity index (χ3n) is 2.51. The van der Waals surface area contributed by atoms with Crippen LogP contribution in [0.1, 0.15) is 24.0 Å². The van der Waals surface area contributed by atoms with Crippen LogP contribution >= 0.6 is 0 Å². The molecule has 1 aromatic rings. The largest absolute Gasteiger partial charge is 0.496 e. The van der Waals surface area contributed by atoms with E-state index in [9.17, 15) is 0 Å². The van der Waals surface area contributed by atoms with E-state index in [1.807, 2.05) is 12.1 Å². The highest BCUT2D eigenvalue weighted by molar-refractivity contribution is 5.36. The minimum absolute atomic E-state index is 0.273. The number of aliphatic hydroxyl groups is 1. The summed E-state index contributed by atoms with van der Waals surface area (Å²) in [5.41, 5.74) is 2.43. The van der Waals surface area contributed by atoms with Gasteiger partial charge in [-0.2, -0.15) is 0 Å². The lowest BCUT2D eigenvalue weighted by atomic mass is 10.1. The number of aryl methyl sites for hydroxylation is 1. The van der Waals surface area contributed by atoms with Gasteiger partial charge in [-0.05, 0) is 32.4 Å². The summed E-state index contributed by atoms with van der Waals surface area (Å²) >= 11 is 0. The van der Waals surface area contributed by atoms with Gasteiger partial charge in [0, 0.05) is 18.7 Å². The second kappa shape index (κ2) is 7.25. The monoisotopic (exact) mass is 223 g/mol. The fraction of sp³-hybridized carbons (Fsp3) is 0.538. The van der Waals surface area contributed by atoms with Gasteiger partial charge in [0.1, 0.15) is 5.75 Å². The molecule has 90 valence electrons. The Kier molecular flexibility index (Phi) is 5.90. The van der Waals surface area contributed by atoms with Crippen LogP contribution in [0.2, 0.25) is 0 Å². The first kappa shape index (κ1) is 13.0. The quantitative estimate of drug-likeness (QED) is 0.693. The van der Waals surface area contributed by atoms with Gasteiger partial charge in [-0.1, -0.05) is 17.7 Å². The van der Waals surface area contributed by atoms with Crippen molar-refractivity contribution in [2.45, 2.75) is 26.3 Å². The molecule has 0 spiro atoms. The molecule has 3 heteroatoms. The lowest BCUT2D eigenvalue weighted by Gasteiger charge is -2.10. The van der Waals surface area contributed by atoms with Gasteiger partial charge in [-0.15, -0.1) is 0 Å². The number of benzene rings is 1. The summed E-state index contributed by atoms with van der Waals surface area (Å²) < 4.78 is 5.30. The first-order valence-electron chi connectivity index (χ1n) is 5.73. The third-order valence-corrected chi connectivity index (χ3v) is 2.51. The molecule has 0 aliphatic heterocycles. The Labute approximate surface area is 97.4 Å². The number of hydrogen-bond donors (Lipinski definition) is 2. The summed E-state index contributed by atoms with van der Waals surface area (Å²) in [6.07, 6.45) is 1.86. The molecule has 0 heterocycles. The molecule has 0 radical (unpaired) electrons. The Balaban J connectivity index is 2.42. The lowest BCUT2D eigenvalue weighted by Crippen LogP contribution is -2.15. The number of nitrogens with one attached hydrogen (secondary N) is 1. The highest BCUT2D eigenvalue weighted by Gasteiger charge is 2.02. The standard InChI is InChI=1S/C13H21NO2/c1-11-5-6-13(16-2)12(9-11)10-14-7-3-4-8-15/h5-6,9,14-15H,3-4,7-8,10H2,1-2H3. The second-order valence-corrected chi connectivity index (χ2v) is 3.92. The van der Waals surface area contributed by atoms with Crippen molar-refractivity contribution in [3.63, 3.8) is 0 Å². The molecule has 0 aliphatic carbocycles. The molecule has 1 aromatic carbocycles. The van der Waals surface area contributed by atoms with Crippen LogP contribution in [-0.4, -0.2) is 25.4 Å². The van der Waals surface area contributed by atoms with Crippen LogP contribution < -0.4 is 10.1 Å². The number of hydrogen-bond acceptors (Lipinski definition) is 3. The molecule has 0 bridgehead atoms. The Morgan fingerprint density at radius 1 is 1.31 bits per heavy atom. The van der Waals surface area contributed by atoms with Crippen molar-refractivity contribution in [3.8, 4) is 5.75 Å². The molecule has 0 aliphatic rings.